The minimum atomic E-state index is -1.30. The summed E-state index contributed by atoms with van der Waals surface area (Å²) < 4.78 is 0.636. The van der Waals surface area contributed by atoms with Crippen molar-refractivity contribution in [3.63, 3.8) is 0 Å². The van der Waals surface area contributed by atoms with Crippen molar-refractivity contribution >= 4 is 23.8 Å². The molecule has 0 spiro atoms. The molecule has 3 amide bonds. The third-order valence-corrected chi connectivity index (χ3v) is 3.95. The van der Waals surface area contributed by atoms with E-state index in [2.05, 4.69) is 24.1 Å². The van der Waals surface area contributed by atoms with Crippen molar-refractivity contribution in [1.29, 1.82) is 0 Å². The number of hydrogen-bond acceptors (Lipinski definition) is 4. The molecule has 0 aromatic carbocycles. The minimum Gasteiger partial charge on any atom is -0.464 e. The van der Waals surface area contributed by atoms with Gasteiger partial charge >= 0.3 is 12.1 Å². The molecular weight excluding hydrogens is 300 g/mol. The van der Waals surface area contributed by atoms with Crippen LogP contribution < -0.4 is 9.80 Å². The summed E-state index contributed by atoms with van der Waals surface area (Å²) in [4.78, 5) is 40.2. The topological polar surface area (TPSA) is 101 Å². The normalized spacial score (nSPS) is 20.8. The molecule has 23 heavy (non-hydrogen) atoms. The Morgan fingerprint density at radius 2 is 1.96 bits per heavy atom. The van der Waals surface area contributed by atoms with Gasteiger partial charge in [0.05, 0.1) is 13.1 Å². The molecule has 2 heterocycles. The Hall–Kier alpha value is -2.22. The van der Waals surface area contributed by atoms with E-state index in [1.54, 1.807) is 0 Å². The van der Waals surface area contributed by atoms with Crippen molar-refractivity contribution in [2.45, 2.75) is 34.1 Å². The Balaban J connectivity index is 2.61. The average molecular weight is 323 g/mol. The van der Waals surface area contributed by atoms with E-state index >= 15 is 0 Å². The van der Waals surface area contributed by atoms with Crippen molar-refractivity contribution in [2.24, 2.45) is 11.8 Å². The van der Waals surface area contributed by atoms with Crippen LogP contribution in [0.1, 0.15) is 44.6 Å². The van der Waals surface area contributed by atoms with Crippen LogP contribution in [0.5, 0.6) is 0 Å². The molecule has 0 bridgehead atoms. The highest BCUT2D eigenvalue weighted by atomic mass is 16.4. The highest BCUT2D eigenvalue weighted by Crippen LogP contribution is 2.32. The molecule has 2 rings (SSSR count). The molecule has 0 saturated heterocycles. The zero-order chi connectivity index (χ0) is 17.4. The number of nitrogens with one attached hydrogen (secondary N) is 1. The van der Waals surface area contributed by atoms with Crippen LogP contribution in [-0.4, -0.2) is 45.8 Å². The van der Waals surface area contributed by atoms with E-state index in [9.17, 15) is 19.5 Å². The SMILES string of the molecule is CC(C)CC[N+]1(CC(C)C)C(=O)NC(=O)c2c1ncn2C(=O)O. The first-order chi connectivity index (χ1) is 10.7. The number of fused-ring (bicyclic) bond motifs is 1. The fraction of sp³-hybridized carbons (Fsp3) is 0.600. The van der Waals surface area contributed by atoms with E-state index < -0.39 is 18.0 Å². The first kappa shape index (κ1) is 17.1. The smallest absolute Gasteiger partial charge is 0.430 e. The molecule has 0 aliphatic carbocycles. The van der Waals surface area contributed by atoms with Gasteiger partial charge in [-0.05, 0) is 12.3 Å². The van der Waals surface area contributed by atoms with Crippen LogP contribution in [0.3, 0.4) is 0 Å². The number of nitrogens with zero attached hydrogens (tertiary/aromatic N) is 3. The highest BCUT2D eigenvalue weighted by molar-refractivity contribution is 6.14. The van der Waals surface area contributed by atoms with Crippen LogP contribution in [0.4, 0.5) is 15.4 Å². The lowest BCUT2D eigenvalue weighted by atomic mass is 10.1. The molecule has 0 saturated carbocycles. The maximum atomic E-state index is 12.7. The van der Waals surface area contributed by atoms with Gasteiger partial charge in [-0.25, -0.2) is 19.5 Å². The molecular formula is C15H23N4O4+. The van der Waals surface area contributed by atoms with Crippen LogP contribution in [0.2, 0.25) is 0 Å². The maximum absolute atomic E-state index is 12.7. The van der Waals surface area contributed by atoms with E-state index in [1.807, 2.05) is 13.8 Å². The summed E-state index contributed by atoms with van der Waals surface area (Å²) >= 11 is 0. The second-order valence-corrected chi connectivity index (χ2v) is 6.78. The van der Waals surface area contributed by atoms with E-state index in [0.717, 1.165) is 17.3 Å². The molecule has 8 heteroatoms. The Labute approximate surface area is 134 Å². The van der Waals surface area contributed by atoms with Crippen LogP contribution in [0, 0.1) is 11.8 Å². The lowest BCUT2D eigenvalue weighted by molar-refractivity contribution is 0.0916. The fourth-order valence-electron chi connectivity index (χ4n) is 2.94. The standard InChI is InChI=1S/C15H22N4O4/c1-9(2)5-6-19(7-10(3)4)12-11(13(20)17-14(19)21)18(8-16-12)15(22)23/h8-10H,5-7H2,1-4H3,(H-,17,20,21,22,23)/p+1. The number of amides is 3. The molecule has 1 aromatic rings. The quantitative estimate of drug-likeness (QED) is 0.810. The van der Waals surface area contributed by atoms with Crippen molar-refractivity contribution in [3.8, 4) is 0 Å². The summed E-state index contributed by atoms with van der Waals surface area (Å²) in [5, 5.41) is 11.5. The molecule has 0 fully saturated rings. The molecule has 1 aliphatic heterocycles. The number of imide groups is 1. The third kappa shape index (κ3) is 2.98. The van der Waals surface area contributed by atoms with E-state index in [-0.39, 0.29) is 21.9 Å². The third-order valence-electron chi connectivity index (χ3n) is 3.95. The Morgan fingerprint density at radius 1 is 1.30 bits per heavy atom. The molecule has 1 aromatic heterocycles. The molecule has 126 valence electrons. The summed E-state index contributed by atoms with van der Waals surface area (Å²) in [6.45, 7) is 8.99. The summed E-state index contributed by atoms with van der Waals surface area (Å²) in [6, 6.07) is -0.438. The summed E-state index contributed by atoms with van der Waals surface area (Å²) in [6.07, 6.45) is 0.552. The second-order valence-electron chi connectivity index (χ2n) is 6.78. The van der Waals surface area contributed by atoms with Gasteiger partial charge in [0.25, 0.3) is 11.7 Å². The molecule has 2 N–H and O–H groups in total. The number of aromatic nitrogens is 2. The van der Waals surface area contributed by atoms with Crippen LogP contribution in [0.25, 0.3) is 0 Å². The molecule has 1 unspecified atom stereocenters. The first-order valence-corrected chi connectivity index (χ1v) is 7.73. The van der Waals surface area contributed by atoms with Gasteiger partial charge in [0.15, 0.2) is 0 Å². The summed E-state index contributed by atoms with van der Waals surface area (Å²) in [5.74, 6) is 0.0546. The highest BCUT2D eigenvalue weighted by Gasteiger charge is 2.51. The number of rotatable bonds is 5. The number of carbonyl (C=O) groups excluding carboxylic acids is 2. The number of imidazole rings is 1. The Bertz CT molecular complexity index is 650. The number of carboxylic acid groups (broad SMARTS) is 1. The fourth-order valence-corrected chi connectivity index (χ4v) is 2.94. The van der Waals surface area contributed by atoms with Crippen molar-refractivity contribution in [1.82, 2.24) is 19.4 Å². The minimum absolute atomic E-state index is 0.0680. The van der Waals surface area contributed by atoms with Crippen LogP contribution >= 0.6 is 0 Å². The number of quaternary nitrogens is 1. The summed E-state index contributed by atoms with van der Waals surface area (Å²) in [7, 11) is 0. The van der Waals surface area contributed by atoms with Gasteiger partial charge in [-0.2, -0.15) is 9.47 Å². The van der Waals surface area contributed by atoms with E-state index in [4.69, 9.17) is 0 Å². The first-order valence-electron chi connectivity index (χ1n) is 7.73. The number of urea groups is 1. The van der Waals surface area contributed by atoms with Gasteiger partial charge in [0.1, 0.15) is 6.33 Å². The monoisotopic (exact) mass is 323 g/mol. The zero-order valence-electron chi connectivity index (χ0n) is 13.9. The number of carbonyl (C=O) groups is 3. The van der Waals surface area contributed by atoms with Gasteiger partial charge in [-0.15, -0.1) is 0 Å². The molecule has 0 radical (unpaired) electrons. The molecule has 1 atom stereocenters. The summed E-state index contributed by atoms with van der Waals surface area (Å²) in [5.41, 5.74) is -0.0680. The van der Waals surface area contributed by atoms with Crippen molar-refractivity contribution in [2.75, 3.05) is 13.1 Å². The van der Waals surface area contributed by atoms with Crippen molar-refractivity contribution in [3.05, 3.63) is 12.0 Å². The van der Waals surface area contributed by atoms with Gasteiger partial charge in [0, 0.05) is 5.92 Å². The second kappa shape index (κ2) is 6.11. The Morgan fingerprint density at radius 3 is 2.48 bits per heavy atom. The van der Waals surface area contributed by atoms with Gasteiger partial charge in [0.2, 0.25) is 5.69 Å². The zero-order valence-corrected chi connectivity index (χ0v) is 13.9. The van der Waals surface area contributed by atoms with Crippen LogP contribution in [0.15, 0.2) is 6.33 Å². The lowest BCUT2D eigenvalue weighted by Crippen LogP contribution is -2.65. The van der Waals surface area contributed by atoms with E-state index in [1.165, 1.54) is 0 Å². The average Bonchev–Trinajstić information content (AvgIpc) is 2.87. The molecule has 1 aliphatic rings. The number of hydrogen-bond donors (Lipinski definition) is 2. The Kier molecular flexibility index (Phi) is 4.56. The van der Waals surface area contributed by atoms with Crippen molar-refractivity contribution < 1.29 is 19.5 Å². The van der Waals surface area contributed by atoms with Gasteiger partial charge in [-0.3, -0.25) is 4.79 Å². The predicted octanol–water partition coefficient (Wildman–Crippen LogP) is 2.28. The predicted molar refractivity (Wildman–Crippen MR) is 84.3 cm³/mol. The van der Waals surface area contributed by atoms with Gasteiger partial charge in [-0.1, -0.05) is 27.7 Å². The van der Waals surface area contributed by atoms with Gasteiger partial charge < -0.3 is 5.11 Å². The van der Waals surface area contributed by atoms with E-state index in [0.29, 0.717) is 19.0 Å². The maximum Gasteiger partial charge on any atom is 0.430 e. The molecule has 8 nitrogen and oxygen atoms in total. The lowest BCUT2D eigenvalue weighted by Gasteiger charge is -2.37. The van der Waals surface area contributed by atoms with Crippen LogP contribution in [-0.2, 0) is 0 Å². The largest absolute Gasteiger partial charge is 0.464 e.